The Kier molecular flexibility index (Phi) is 4.57. The summed E-state index contributed by atoms with van der Waals surface area (Å²) in [7, 11) is 0. The van der Waals surface area contributed by atoms with E-state index < -0.39 is 0 Å². The van der Waals surface area contributed by atoms with Gasteiger partial charge in [0, 0.05) is 19.1 Å². The highest BCUT2D eigenvalue weighted by molar-refractivity contribution is 5.26. The Bertz CT molecular complexity index is 349. The number of nitrogens with zero attached hydrogens (tertiary/aromatic N) is 1. The fourth-order valence-electron chi connectivity index (χ4n) is 2.86. The first kappa shape index (κ1) is 12.6. The molecule has 0 saturated carbocycles. The molecular formula is C15H24N2. The van der Waals surface area contributed by atoms with Crippen molar-refractivity contribution >= 4 is 0 Å². The van der Waals surface area contributed by atoms with Crippen LogP contribution in [0.2, 0.25) is 0 Å². The smallest absolute Gasteiger partial charge is 0.0239 e. The molecule has 17 heavy (non-hydrogen) atoms. The second kappa shape index (κ2) is 6.18. The van der Waals surface area contributed by atoms with Gasteiger partial charge in [0.15, 0.2) is 0 Å². The minimum absolute atomic E-state index is 0.654. The van der Waals surface area contributed by atoms with Gasteiger partial charge in [-0.2, -0.15) is 0 Å². The van der Waals surface area contributed by atoms with E-state index in [1.807, 2.05) is 0 Å². The molecule has 1 aromatic rings. The highest BCUT2D eigenvalue weighted by Gasteiger charge is 2.21. The summed E-state index contributed by atoms with van der Waals surface area (Å²) in [6.07, 6.45) is 5.38. The predicted molar refractivity (Wildman–Crippen MR) is 72.7 cm³/mol. The Hall–Kier alpha value is -0.860. The van der Waals surface area contributed by atoms with Crippen LogP contribution < -0.4 is 5.73 Å². The standard InChI is InChI=1S/C15H24N2/c1-2-15-9-5-6-10-17(15)12-14-8-4-3-7-13(14)11-16/h3-4,7-8,15H,2,5-6,9-12,16H2,1H3. The van der Waals surface area contributed by atoms with Crippen LogP contribution in [0.1, 0.15) is 43.7 Å². The van der Waals surface area contributed by atoms with Crippen molar-refractivity contribution in [3.63, 3.8) is 0 Å². The van der Waals surface area contributed by atoms with Gasteiger partial charge in [-0.1, -0.05) is 37.6 Å². The van der Waals surface area contributed by atoms with Crippen LogP contribution in [0.25, 0.3) is 0 Å². The molecule has 1 unspecified atom stereocenters. The fourth-order valence-corrected chi connectivity index (χ4v) is 2.86. The molecule has 0 bridgehead atoms. The van der Waals surface area contributed by atoms with E-state index in [0.717, 1.165) is 12.6 Å². The van der Waals surface area contributed by atoms with Crippen LogP contribution in [0, 0.1) is 0 Å². The van der Waals surface area contributed by atoms with E-state index in [4.69, 9.17) is 5.73 Å². The van der Waals surface area contributed by atoms with Crippen LogP contribution in [0.4, 0.5) is 0 Å². The van der Waals surface area contributed by atoms with E-state index in [2.05, 4.69) is 36.1 Å². The fraction of sp³-hybridized carbons (Fsp3) is 0.600. The van der Waals surface area contributed by atoms with Crippen molar-refractivity contribution in [1.82, 2.24) is 4.90 Å². The van der Waals surface area contributed by atoms with Gasteiger partial charge in [0.1, 0.15) is 0 Å². The summed E-state index contributed by atoms with van der Waals surface area (Å²) in [4.78, 5) is 2.64. The molecule has 1 aliphatic rings. The minimum atomic E-state index is 0.654. The van der Waals surface area contributed by atoms with Gasteiger partial charge in [-0.15, -0.1) is 0 Å². The zero-order valence-electron chi connectivity index (χ0n) is 10.9. The maximum atomic E-state index is 5.80. The van der Waals surface area contributed by atoms with E-state index in [1.165, 1.54) is 43.4 Å². The van der Waals surface area contributed by atoms with Crippen LogP contribution in [0.3, 0.4) is 0 Å². The first-order valence-corrected chi connectivity index (χ1v) is 6.86. The Morgan fingerprint density at radius 3 is 2.71 bits per heavy atom. The number of nitrogens with two attached hydrogens (primary N) is 1. The quantitative estimate of drug-likeness (QED) is 0.865. The van der Waals surface area contributed by atoms with Crippen LogP contribution >= 0.6 is 0 Å². The summed E-state index contributed by atoms with van der Waals surface area (Å²) in [5.41, 5.74) is 8.52. The molecule has 0 aliphatic carbocycles. The Balaban J connectivity index is 2.08. The van der Waals surface area contributed by atoms with E-state index >= 15 is 0 Å². The molecule has 1 fully saturated rings. The molecule has 2 heteroatoms. The van der Waals surface area contributed by atoms with E-state index in [9.17, 15) is 0 Å². The number of hydrogen-bond acceptors (Lipinski definition) is 2. The Morgan fingerprint density at radius 1 is 1.24 bits per heavy atom. The third kappa shape index (κ3) is 3.08. The molecule has 2 N–H and O–H groups in total. The monoisotopic (exact) mass is 232 g/mol. The molecule has 1 atom stereocenters. The van der Waals surface area contributed by atoms with Crippen molar-refractivity contribution in [1.29, 1.82) is 0 Å². The molecule has 1 aliphatic heterocycles. The third-order valence-electron chi connectivity index (χ3n) is 3.93. The molecule has 0 aromatic heterocycles. The van der Waals surface area contributed by atoms with Crippen LogP contribution in [-0.2, 0) is 13.1 Å². The first-order chi connectivity index (χ1) is 8.35. The molecule has 0 spiro atoms. The van der Waals surface area contributed by atoms with Gasteiger partial charge < -0.3 is 5.73 Å². The van der Waals surface area contributed by atoms with Gasteiger partial charge in [-0.3, -0.25) is 4.90 Å². The Labute approximate surface area is 105 Å². The molecule has 1 heterocycles. The van der Waals surface area contributed by atoms with Crippen molar-refractivity contribution in [2.24, 2.45) is 5.73 Å². The highest BCUT2D eigenvalue weighted by atomic mass is 15.2. The lowest BCUT2D eigenvalue weighted by atomic mass is 9.98. The van der Waals surface area contributed by atoms with Gasteiger partial charge >= 0.3 is 0 Å². The largest absolute Gasteiger partial charge is 0.326 e. The summed E-state index contributed by atoms with van der Waals surface area (Å²) < 4.78 is 0. The average molecular weight is 232 g/mol. The second-order valence-corrected chi connectivity index (χ2v) is 5.00. The van der Waals surface area contributed by atoms with Gasteiger partial charge in [0.25, 0.3) is 0 Å². The minimum Gasteiger partial charge on any atom is -0.326 e. The number of piperidine rings is 1. The number of rotatable bonds is 4. The van der Waals surface area contributed by atoms with Crippen LogP contribution in [0.15, 0.2) is 24.3 Å². The van der Waals surface area contributed by atoms with Gasteiger partial charge in [-0.05, 0) is 36.9 Å². The molecule has 2 nitrogen and oxygen atoms in total. The summed E-state index contributed by atoms with van der Waals surface area (Å²) in [5, 5.41) is 0. The molecule has 1 saturated heterocycles. The SMILES string of the molecule is CCC1CCCCN1Cc1ccccc1CN. The zero-order chi connectivity index (χ0) is 12.1. The predicted octanol–water partition coefficient (Wildman–Crippen LogP) is 2.91. The average Bonchev–Trinajstić information content (AvgIpc) is 2.40. The van der Waals surface area contributed by atoms with Crippen molar-refractivity contribution in [2.75, 3.05) is 6.54 Å². The number of likely N-dealkylation sites (tertiary alicyclic amines) is 1. The van der Waals surface area contributed by atoms with Crippen molar-refractivity contribution in [2.45, 2.75) is 51.7 Å². The number of hydrogen-bond donors (Lipinski definition) is 1. The summed E-state index contributed by atoms with van der Waals surface area (Å²) >= 11 is 0. The van der Waals surface area contributed by atoms with E-state index in [-0.39, 0.29) is 0 Å². The van der Waals surface area contributed by atoms with Crippen molar-refractivity contribution in [3.8, 4) is 0 Å². The first-order valence-electron chi connectivity index (χ1n) is 6.86. The molecule has 0 radical (unpaired) electrons. The normalized spacial score (nSPS) is 21.6. The van der Waals surface area contributed by atoms with E-state index in [1.54, 1.807) is 0 Å². The summed E-state index contributed by atoms with van der Waals surface area (Å²) in [6, 6.07) is 9.36. The lowest BCUT2D eigenvalue weighted by Crippen LogP contribution is -2.38. The van der Waals surface area contributed by atoms with Gasteiger partial charge in [0.2, 0.25) is 0 Å². The molecule has 1 aromatic carbocycles. The van der Waals surface area contributed by atoms with Crippen molar-refractivity contribution in [3.05, 3.63) is 35.4 Å². The molecule has 0 amide bonds. The summed E-state index contributed by atoms with van der Waals surface area (Å²) in [6.45, 7) is 5.28. The van der Waals surface area contributed by atoms with Crippen LogP contribution in [0.5, 0.6) is 0 Å². The third-order valence-corrected chi connectivity index (χ3v) is 3.93. The maximum absolute atomic E-state index is 5.80. The van der Waals surface area contributed by atoms with Gasteiger partial charge in [0.05, 0.1) is 0 Å². The second-order valence-electron chi connectivity index (χ2n) is 5.00. The van der Waals surface area contributed by atoms with E-state index in [0.29, 0.717) is 6.54 Å². The molecule has 2 rings (SSSR count). The highest BCUT2D eigenvalue weighted by Crippen LogP contribution is 2.22. The molecule has 94 valence electrons. The van der Waals surface area contributed by atoms with Crippen molar-refractivity contribution < 1.29 is 0 Å². The lowest BCUT2D eigenvalue weighted by molar-refractivity contribution is 0.136. The molecular weight excluding hydrogens is 208 g/mol. The zero-order valence-corrected chi connectivity index (χ0v) is 10.9. The maximum Gasteiger partial charge on any atom is 0.0239 e. The Morgan fingerprint density at radius 2 is 2.00 bits per heavy atom. The van der Waals surface area contributed by atoms with Gasteiger partial charge in [-0.25, -0.2) is 0 Å². The lowest BCUT2D eigenvalue weighted by Gasteiger charge is -2.35. The summed E-state index contributed by atoms with van der Waals surface area (Å²) in [5.74, 6) is 0. The van der Waals surface area contributed by atoms with Crippen LogP contribution in [-0.4, -0.2) is 17.5 Å². The number of benzene rings is 1. The topological polar surface area (TPSA) is 29.3 Å².